The molecule has 2 heteroatoms. The van der Waals surface area contributed by atoms with Gasteiger partial charge in [-0.25, -0.2) is 0 Å². The highest BCUT2D eigenvalue weighted by Crippen LogP contribution is 2.29. The molecule has 1 N–H and O–H groups in total. The molecule has 1 aromatic rings. The number of rotatable bonds is 6. The summed E-state index contributed by atoms with van der Waals surface area (Å²) < 4.78 is 0. The van der Waals surface area contributed by atoms with Gasteiger partial charge in [0, 0.05) is 18.6 Å². The van der Waals surface area contributed by atoms with Gasteiger partial charge in [0.05, 0.1) is 0 Å². The van der Waals surface area contributed by atoms with Crippen molar-refractivity contribution >= 4 is 0 Å². The van der Waals surface area contributed by atoms with E-state index in [4.69, 9.17) is 0 Å². The summed E-state index contributed by atoms with van der Waals surface area (Å²) in [5.41, 5.74) is 2.84. The van der Waals surface area contributed by atoms with Gasteiger partial charge in [-0.1, -0.05) is 50.6 Å². The zero-order chi connectivity index (χ0) is 15.2. The summed E-state index contributed by atoms with van der Waals surface area (Å²) in [6, 6.07) is 10.3. The largest absolute Gasteiger partial charge is 0.314 e. The monoisotopic (exact) mass is 288 g/mol. The molecule has 2 nitrogen and oxygen atoms in total. The first-order valence-electron chi connectivity index (χ1n) is 8.64. The van der Waals surface area contributed by atoms with Crippen LogP contribution in [0.5, 0.6) is 0 Å². The first-order chi connectivity index (χ1) is 10.1. The zero-order valence-electron chi connectivity index (χ0n) is 14.2. The van der Waals surface area contributed by atoms with Crippen LogP contribution in [-0.2, 0) is 0 Å². The molecule has 1 aliphatic rings. The van der Waals surface area contributed by atoms with E-state index in [1.54, 1.807) is 0 Å². The van der Waals surface area contributed by atoms with Gasteiger partial charge in [-0.3, -0.25) is 4.90 Å². The highest BCUT2D eigenvalue weighted by atomic mass is 15.2. The van der Waals surface area contributed by atoms with Crippen LogP contribution >= 0.6 is 0 Å². The third kappa shape index (κ3) is 4.82. The van der Waals surface area contributed by atoms with Crippen molar-refractivity contribution in [3.05, 3.63) is 35.4 Å². The molecule has 1 fully saturated rings. The lowest BCUT2D eigenvalue weighted by Gasteiger charge is -2.38. The number of nitrogens with one attached hydrogen (secondary N) is 1. The van der Waals surface area contributed by atoms with Crippen molar-refractivity contribution in [3.63, 3.8) is 0 Å². The van der Waals surface area contributed by atoms with Crippen molar-refractivity contribution in [2.45, 2.75) is 59.0 Å². The van der Waals surface area contributed by atoms with E-state index >= 15 is 0 Å². The van der Waals surface area contributed by atoms with Crippen molar-refractivity contribution in [1.29, 1.82) is 0 Å². The minimum Gasteiger partial charge on any atom is -0.314 e. The number of hydrogen-bond acceptors (Lipinski definition) is 2. The van der Waals surface area contributed by atoms with Crippen LogP contribution in [0.15, 0.2) is 24.3 Å². The third-order valence-electron chi connectivity index (χ3n) is 4.65. The lowest BCUT2D eigenvalue weighted by molar-refractivity contribution is 0.118. The van der Waals surface area contributed by atoms with E-state index in [-0.39, 0.29) is 0 Å². The summed E-state index contributed by atoms with van der Waals surface area (Å²) in [7, 11) is 0. The summed E-state index contributed by atoms with van der Waals surface area (Å²) >= 11 is 0. The molecule has 0 aromatic heterocycles. The second-order valence-corrected chi connectivity index (χ2v) is 6.90. The second kappa shape index (κ2) is 7.95. The van der Waals surface area contributed by atoms with Gasteiger partial charge in [-0.05, 0) is 50.8 Å². The number of hydrogen-bond donors (Lipinski definition) is 1. The maximum absolute atomic E-state index is 3.61. The second-order valence-electron chi connectivity index (χ2n) is 6.90. The number of nitrogens with zero attached hydrogens (tertiary/aromatic N) is 1. The average molecular weight is 288 g/mol. The van der Waals surface area contributed by atoms with Crippen molar-refractivity contribution in [2.75, 3.05) is 19.6 Å². The van der Waals surface area contributed by atoms with E-state index in [0.29, 0.717) is 12.1 Å². The molecule has 21 heavy (non-hydrogen) atoms. The normalized spacial score (nSPS) is 21.7. The lowest BCUT2D eigenvalue weighted by Crippen LogP contribution is -2.42. The molecule has 0 amide bonds. The van der Waals surface area contributed by atoms with E-state index in [0.717, 1.165) is 5.92 Å². The Balaban J connectivity index is 1.99. The highest BCUT2D eigenvalue weighted by Gasteiger charge is 2.25. The molecule has 0 radical (unpaired) electrons. The van der Waals surface area contributed by atoms with Crippen LogP contribution in [0.25, 0.3) is 0 Å². The van der Waals surface area contributed by atoms with Gasteiger partial charge in [0.1, 0.15) is 0 Å². The van der Waals surface area contributed by atoms with Crippen LogP contribution in [-0.4, -0.2) is 30.6 Å². The Hall–Kier alpha value is -0.860. The standard InChI is InChI=1S/C19H32N2/c1-5-19(18-10-8-16(4)9-11-18)21-12-6-7-17(14-21)13-20-15(2)3/h8-11,15,17,19-20H,5-7,12-14H2,1-4H3. The fourth-order valence-electron chi connectivity index (χ4n) is 3.44. The molecule has 1 aliphatic heterocycles. The number of likely N-dealkylation sites (tertiary alicyclic amines) is 1. The number of piperidine rings is 1. The molecule has 1 aromatic carbocycles. The fourth-order valence-corrected chi connectivity index (χ4v) is 3.44. The van der Waals surface area contributed by atoms with Crippen LogP contribution in [0.2, 0.25) is 0 Å². The molecule has 118 valence electrons. The highest BCUT2D eigenvalue weighted by molar-refractivity contribution is 5.24. The molecule has 2 atom stereocenters. The first-order valence-corrected chi connectivity index (χ1v) is 8.64. The molecule has 2 rings (SSSR count). The molecule has 0 aliphatic carbocycles. The van der Waals surface area contributed by atoms with E-state index < -0.39 is 0 Å². The van der Waals surface area contributed by atoms with Crippen molar-refractivity contribution in [2.24, 2.45) is 5.92 Å². The Bertz CT molecular complexity index is 410. The van der Waals surface area contributed by atoms with Crippen LogP contribution < -0.4 is 5.32 Å². The molecule has 0 bridgehead atoms. The van der Waals surface area contributed by atoms with Crippen LogP contribution in [0.4, 0.5) is 0 Å². The topological polar surface area (TPSA) is 15.3 Å². The SMILES string of the molecule is CCC(c1ccc(C)cc1)N1CCCC(CNC(C)C)C1. The van der Waals surface area contributed by atoms with Gasteiger partial charge in [0.25, 0.3) is 0 Å². The lowest BCUT2D eigenvalue weighted by atomic mass is 9.93. The van der Waals surface area contributed by atoms with Gasteiger partial charge in [0.2, 0.25) is 0 Å². The quantitative estimate of drug-likeness (QED) is 0.845. The number of benzene rings is 1. The summed E-state index contributed by atoms with van der Waals surface area (Å²) in [6.07, 6.45) is 3.92. The fraction of sp³-hybridized carbons (Fsp3) is 0.684. The molecule has 0 saturated carbocycles. The maximum atomic E-state index is 3.61. The minimum atomic E-state index is 0.590. The van der Waals surface area contributed by atoms with Crippen LogP contribution in [0, 0.1) is 12.8 Å². The molecule has 2 unspecified atom stereocenters. The summed E-state index contributed by atoms with van der Waals surface area (Å²) in [5.74, 6) is 0.806. The zero-order valence-corrected chi connectivity index (χ0v) is 14.2. The Kier molecular flexibility index (Phi) is 6.25. The van der Waals surface area contributed by atoms with E-state index in [2.05, 4.69) is 62.2 Å². The van der Waals surface area contributed by atoms with Crippen molar-refractivity contribution in [1.82, 2.24) is 10.2 Å². The smallest absolute Gasteiger partial charge is 0.0345 e. The summed E-state index contributed by atoms with van der Waals surface area (Å²) in [4.78, 5) is 2.71. The molecular weight excluding hydrogens is 256 g/mol. The third-order valence-corrected chi connectivity index (χ3v) is 4.65. The van der Waals surface area contributed by atoms with Gasteiger partial charge >= 0.3 is 0 Å². The Morgan fingerprint density at radius 3 is 2.57 bits per heavy atom. The van der Waals surface area contributed by atoms with E-state index in [1.165, 1.54) is 50.0 Å². The molecule has 0 spiro atoms. The summed E-state index contributed by atoms with van der Waals surface area (Å²) in [6.45, 7) is 12.6. The predicted octanol–water partition coefficient (Wildman–Crippen LogP) is 4.16. The Morgan fingerprint density at radius 1 is 1.24 bits per heavy atom. The minimum absolute atomic E-state index is 0.590. The molecular formula is C19H32N2. The summed E-state index contributed by atoms with van der Waals surface area (Å²) in [5, 5.41) is 3.61. The van der Waals surface area contributed by atoms with Crippen molar-refractivity contribution in [3.8, 4) is 0 Å². The van der Waals surface area contributed by atoms with Gasteiger partial charge in [0.15, 0.2) is 0 Å². The van der Waals surface area contributed by atoms with Gasteiger partial charge in [-0.2, -0.15) is 0 Å². The number of aryl methyl sites for hydroxylation is 1. The average Bonchev–Trinajstić information content (AvgIpc) is 2.48. The van der Waals surface area contributed by atoms with E-state index in [1.807, 2.05) is 0 Å². The van der Waals surface area contributed by atoms with Crippen molar-refractivity contribution < 1.29 is 0 Å². The Morgan fingerprint density at radius 2 is 1.95 bits per heavy atom. The van der Waals surface area contributed by atoms with E-state index in [9.17, 15) is 0 Å². The Labute approximate surface area is 130 Å². The maximum Gasteiger partial charge on any atom is 0.0345 e. The van der Waals surface area contributed by atoms with Crippen LogP contribution in [0.1, 0.15) is 57.2 Å². The predicted molar refractivity (Wildman–Crippen MR) is 91.6 cm³/mol. The first kappa shape index (κ1) is 16.5. The van der Waals surface area contributed by atoms with Gasteiger partial charge < -0.3 is 5.32 Å². The van der Waals surface area contributed by atoms with Gasteiger partial charge in [-0.15, -0.1) is 0 Å². The molecule has 1 saturated heterocycles. The molecule has 1 heterocycles. The van der Waals surface area contributed by atoms with Crippen LogP contribution in [0.3, 0.4) is 0 Å².